The third-order valence-electron chi connectivity index (χ3n) is 3.49. The molecule has 108 valence electrons. The maximum atomic E-state index is 9.39. The zero-order valence-corrected chi connectivity index (χ0v) is 12.8. The molecule has 0 saturated carbocycles. The Bertz CT molecular complexity index is 691. The third kappa shape index (κ3) is 2.87. The molecule has 0 amide bonds. The zero-order valence-electron chi connectivity index (χ0n) is 11.3. The standard InChI is InChI=1S/C17H14Cl2O2/c18-7-8-21-17-9-12-3-6-14(15(12)10-16(17)19)11-1-4-13(20)5-2-11/h1-2,4-6,9-10,20H,3,7-8H2. The van der Waals surface area contributed by atoms with Crippen LogP contribution in [0.1, 0.15) is 16.7 Å². The number of halogens is 2. The van der Waals surface area contributed by atoms with Gasteiger partial charge in [0.05, 0.1) is 10.9 Å². The number of fused-ring (bicyclic) bond motifs is 1. The second kappa shape index (κ2) is 6.00. The SMILES string of the molecule is Oc1ccc(C2=CCc3cc(OCCCl)c(Cl)cc32)cc1. The summed E-state index contributed by atoms with van der Waals surface area (Å²) in [6.45, 7) is 0.443. The minimum atomic E-state index is 0.264. The molecule has 4 heteroatoms. The summed E-state index contributed by atoms with van der Waals surface area (Å²) >= 11 is 11.9. The highest BCUT2D eigenvalue weighted by Gasteiger charge is 2.18. The molecule has 0 aromatic heterocycles. The van der Waals surface area contributed by atoms with Crippen molar-refractivity contribution in [1.82, 2.24) is 0 Å². The van der Waals surface area contributed by atoms with Gasteiger partial charge in [-0.3, -0.25) is 0 Å². The van der Waals surface area contributed by atoms with Crippen LogP contribution in [0.2, 0.25) is 5.02 Å². The highest BCUT2D eigenvalue weighted by molar-refractivity contribution is 6.32. The number of aromatic hydroxyl groups is 1. The second-order valence-electron chi connectivity index (χ2n) is 4.85. The highest BCUT2D eigenvalue weighted by atomic mass is 35.5. The minimum absolute atomic E-state index is 0.264. The van der Waals surface area contributed by atoms with Crippen molar-refractivity contribution in [3.8, 4) is 11.5 Å². The Morgan fingerprint density at radius 3 is 2.62 bits per heavy atom. The normalized spacial score (nSPS) is 13.0. The van der Waals surface area contributed by atoms with Gasteiger partial charge in [-0.15, -0.1) is 11.6 Å². The van der Waals surface area contributed by atoms with Gasteiger partial charge in [0.15, 0.2) is 0 Å². The summed E-state index contributed by atoms with van der Waals surface area (Å²) in [4.78, 5) is 0. The molecule has 0 spiro atoms. The first-order chi connectivity index (χ1) is 10.2. The molecule has 0 atom stereocenters. The molecule has 0 saturated heterocycles. The Morgan fingerprint density at radius 1 is 1.14 bits per heavy atom. The average molecular weight is 321 g/mol. The molecule has 0 fully saturated rings. The van der Waals surface area contributed by atoms with Crippen molar-refractivity contribution in [2.45, 2.75) is 6.42 Å². The molecule has 0 bridgehead atoms. The van der Waals surface area contributed by atoms with Crippen molar-refractivity contribution in [2.75, 3.05) is 12.5 Å². The average Bonchev–Trinajstić information content (AvgIpc) is 2.88. The van der Waals surface area contributed by atoms with E-state index in [0.717, 1.165) is 23.1 Å². The van der Waals surface area contributed by atoms with E-state index in [1.54, 1.807) is 12.1 Å². The quantitative estimate of drug-likeness (QED) is 0.831. The second-order valence-corrected chi connectivity index (χ2v) is 5.63. The first-order valence-corrected chi connectivity index (χ1v) is 7.61. The number of ether oxygens (including phenoxy) is 1. The Kier molecular flexibility index (Phi) is 4.09. The molecule has 0 unspecified atom stereocenters. The van der Waals surface area contributed by atoms with Crippen LogP contribution in [0.25, 0.3) is 5.57 Å². The molecular weight excluding hydrogens is 307 g/mol. The topological polar surface area (TPSA) is 29.5 Å². The van der Waals surface area contributed by atoms with E-state index in [1.165, 1.54) is 5.56 Å². The maximum Gasteiger partial charge on any atom is 0.138 e. The zero-order chi connectivity index (χ0) is 14.8. The number of rotatable bonds is 4. The monoisotopic (exact) mass is 320 g/mol. The fourth-order valence-electron chi connectivity index (χ4n) is 2.51. The number of phenolic OH excluding ortho intramolecular Hbond substituents is 1. The molecule has 1 N–H and O–H groups in total. The molecule has 0 radical (unpaired) electrons. The summed E-state index contributed by atoms with van der Waals surface area (Å²) in [5, 5.41) is 9.98. The van der Waals surface area contributed by atoms with Crippen LogP contribution in [0.3, 0.4) is 0 Å². The van der Waals surface area contributed by atoms with Gasteiger partial charge in [0.1, 0.15) is 18.1 Å². The smallest absolute Gasteiger partial charge is 0.138 e. The van der Waals surface area contributed by atoms with Gasteiger partial charge in [-0.25, -0.2) is 0 Å². The summed E-state index contributed by atoms with van der Waals surface area (Å²) in [6.07, 6.45) is 3.01. The molecular formula is C17H14Cl2O2. The lowest BCUT2D eigenvalue weighted by atomic mass is 9.99. The van der Waals surface area contributed by atoms with Crippen LogP contribution in [0.5, 0.6) is 11.5 Å². The third-order valence-corrected chi connectivity index (χ3v) is 3.94. The fraction of sp³-hybridized carbons (Fsp3) is 0.176. The van der Waals surface area contributed by atoms with Crippen LogP contribution in [0, 0.1) is 0 Å². The molecule has 0 heterocycles. The van der Waals surface area contributed by atoms with Gasteiger partial charge in [0.2, 0.25) is 0 Å². The van der Waals surface area contributed by atoms with Gasteiger partial charge >= 0.3 is 0 Å². The Balaban J connectivity index is 1.94. The summed E-state index contributed by atoms with van der Waals surface area (Å²) in [5.74, 6) is 1.38. The minimum Gasteiger partial charge on any atom is -0.508 e. The molecule has 21 heavy (non-hydrogen) atoms. The van der Waals surface area contributed by atoms with Gasteiger partial charge in [0.25, 0.3) is 0 Å². The summed E-state index contributed by atoms with van der Waals surface area (Å²) < 4.78 is 5.55. The number of hydrogen-bond donors (Lipinski definition) is 1. The van der Waals surface area contributed by atoms with E-state index in [1.807, 2.05) is 24.3 Å². The first-order valence-electron chi connectivity index (χ1n) is 6.70. The fourth-order valence-corrected chi connectivity index (χ4v) is 2.81. The van der Waals surface area contributed by atoms with Crippen LogP contribution >= 0.6 is 23.2 Å². The molecule has 1 aliphatic carbocycles. The van der Waals surface area contributed by atoms with Gasteiger partial charge in [-0.05, 0) is 52.9 Å². The summed E-state index contributed by atoms with van der Waals surface area (Å²) in [6, 6.07) is 11.1. The largest absolute Gasteiger partial charge is 0.508 e. The van der Waals surface area contributed by atoms with Gasteiger partial charge in [0, 0.05) is 0 Å². The van der Waals surface area contributed by atoms with Gasteiger partial charge in [-0.1, -0.05) is 29.8 Å². The van der Waals surface area contributed by atoms with E-state index in [0.29, 0.717) is 23.3 Å². The summed E-state index contributed by atoms with van der Waals surface area (Å²) in [7, 11) is 0. The Labute approximate surface area is 133 Å². The number of allylic oxidation sites excluding steroid dienone is 1. The van der Waals surface area contributed by atoms with Crippen molar-refractivity contribution in [3.05, 3.63) is 64.2 Å². The van der Waals surface area contributed by atoms with Crippen LogP contribution in [0.15, 0.2) is 42.5 Å². The lowest BCUT2D eigenvalue weighted by Gasteiger charge is -2.11. The van der Waals surface area contributed by atoms with Crippen LogP contribution in [-0.2, 0) is 6.42 Å². The highest BCUT2D eigenvalue weighted by Crippen LogP contribution is 2.38. The predicted octanol–water partition coefficient (Wildman–Crippen LogP) is 4.65. The molecule has 2 aromatic rings. The Morgan fingerprint density at radius 2 is 1.90 bits per heavy atom. The van der Waals surface area contributed by atoms with E-state index < -0.39 is 0 Å². The van der Waals surface area contributed by atoms with Crippen molar-refractivity contribution in [3.63, 3.8) is 0 Å². The molecule has 3 rings (SSSR count). The molecule has 2 aromatic carbocycles. The maximum absolute atomic E-state index is 9.39. The lowest BCUT2D eigenvalue weighted by Crippen LogP contribution is -2.00. The van der Waals surface area contributed by atoms with Crippen LogP contribution in [-0.4, -0.2) is 17.6 Å². The van der Waals surface area contributed by atoms with E-state index in [4.69, 9.17) is 27.9 Å². The Hall–Kier alpha value is -1.64. The number of hydrogen-bond acceptors (Lipinski definition) is 2. The van der Waals surface area contributed by atoms with E-state index in [-0.39, 0.29) is 5.75 Å². The van der Waals surface area contributed by atoms with E-state index >= 15 is 0 Å². The number of alkyl halides is 1. The molecule has 0 aliphatic heterocycles. The van der Waals surface area contributed by atoms with E-state index in [9.17, 15) is 5.11 Å². The van der Waals surface area contributed by atoms with Crippen LogP contribution < -0.4 is 4.74 Å². The molecule has 2 nitrogen and oxygen atoms in total. The number of benzene rings is 2. The van der Waals surface area contributed by atoms with E-state index in [2.05, 4.69) is 6.08 Å². The van der Waals surface area contributed by atoms with Gasteiger partial charge < -0.3 is 9.84 Å². The summed E-state index contributed by atoms with van der Waals surface area (Å²) in [5.41, 5.74) is 4.50. The first kappa shape index (κ1) is 14.3. The predicted molar refractivity (Wildman–Crippen MR) is 86.6 cm³/mol. The van der Waals surface area contributed by atoms with Gasteiger partial charge in [-0.2, -0.15) is 0 Å². The number of phenols is 1. The van der Waals surface area contributed by atoms with Crippen molar-refractivity contribution < 1.29 is 9.84 Å². The van der Waals surface area contributed by atoms with Crippen molar-refractivity contribution in [2.24, 2.45) is 0 Å². The van der Waals surface area contributed by atoms with Crippen molar-refractivity contribution >= 4 is 28.8 Å². The van der Waals surface area contributed by atoms with Crippen molar-refractivity contribution in [1.29, 1.82) is 0 Å². The van der Waals surface area contributed by atoms with Crippen LogP contribution in [0.4, 0.5) is 0 Å². The lowest BCUT2D eigenvalue weighted by molar-refractivity contribution is 0.342. The molecule has 1 aliphatic rings.